The molecule has 1 fully saturated rings. The van der Waals surface area contributed by atoms with Gasteiger partial charge in [-0.25, -0.2) is 0 Å². The number of hydrogen-bond acceptors (Lipinski definition) is 3. The van der Waals surface area contributed by atoms with Crippen LogP contribution in [0.1, 0.15) is 52.4 Å². The van der Waals surface area contributed by atoms with Crippen LogP contribution in [0.5, 0.6) is 0 Å². The zero-order valence-electron chi connectivity index (χ0n) is 9.62. The number of rotatable bonds is 5. The van der Waals surface area contributed by atoms with Gasteiger partial charge in [0.15, 0.2) is 0 Å². The molecule has 1 aliphatic heterocycles. The summed E-state index contributed by atoms with van der Waals surface area (Å²) >= 11 is 0. The van der Waals surface area contributed by atoms with Gasteiger partial charge >= 0.3 is 11.9 Å². The topological polar surface area (TPSA) is 43.4 Å². The maximum Gasteiger partial charge on any atom is 0.316 e. The Morgan fingerprint density at radius 2 is 1.93 bits per heavy atom. The van der Waals surface area contributed by atoms with Crippen LogP contribution in [0.3, 0.4) is 0 Å². The van der Waals surface area contributed by atoms with Gasteiger partial charge < -0.3 is 4.74 Å². The number of carbonyl (C=O) groups is 2. The van der Waals surface area contributed by atoms with Crippen LogP contribution in [0.25, 0.3) is 0 Å². The molecule has 3 heteroatoms. The Balaban J connectivity index is 2.28. The molecule has 0 aromatic rings. The maximum atomic E-state index is 11.4. The third kappa shape index (κ3) is 3.65. The zero-order chi connectivity index (χ0) is 11.3. The van der Waals surface area contributed by atoms with Crippen molar-refractivity contribution in [2.45, 2.75) is 52.4 Å². The standard InChI is InChI=1S/C12H20O3/c1-3-4-5-6-7-10-8-9(2)11(13)15-12(10)14/h9-10H,3-8H2,1-2H3. The van der Waals surface area contributed by atoms with Crippen LogP contribution in [0.4, 0.5) is 0 Å². The van der Waals surface area contributed by atoms with Gasteiger partial charge in [-0.15, -0.1) is 0 Å². The van der Waals surface area contributed by atoms with Gasteiger partial charge in [0.05, 0.1) is 11.8 Å². The van der Waals surface area contributed by atoms with E-state index in [4.69, 9.17) is 4.74 Å². The lowest BCUT2D eigenvalue weighted by atomic mass is 9.89. The van der Waals surface area contributed by atoms with Gasteiger partial charge in [-0.1, -0.05) is 39.5 Å². The monoisotopic (exact) mass is 212 g/mol. The molecule has 2 atom stereocenters. The summed E-state index contributed by atoms with van der Waals surface area (Å²) in [5, 5.41) is 0. The molecule has 0 radical (unpaired) electrons. The van der Waals surface area contributed by atoms with Gasteiger partial charge in [0.2, 0.25) is 0 Å². The Hall–Kier alpha value is -0.860. The van der Waals surface area contributed by atoms with Crippen molar-refractivity contribution in [2.75, 3.05) is 0 Å². The van der Waals surface area contributed by atoms with E-state index in [1.807, 2.05) is 6.92 Å². The smallest absolute Gasteiger partial charge is 0.316 e. The number of cyclic esters (lactones) is 2. The number of hydrogen-bond donors (Lipinski definition) is 0. The summed E-state index contributed by atoms with van der Waals surface area (Å²) in [6.07, 6.45) is 6.19. The highest BCUT2D eigenvalue weighted by Crippen LogP contribution is 2.26. The van der Waals surface area contributed by atoms with Gasteiger partial charge in [-0.05, 0) is 12.8 Å². The second kappa shape index (κ2) is 5.89. The first-order valence-electron chi connectivity index (χ1n) is 5.90. The van der Waals surface area contributed by atoms with Crippen LogP contribution in [0.15, 0.2) is 0 Å². The molecule has 1 saturated heterocycles. The van der Waals surface area contributed by atoms with Crippen LogP contribution in [0.2, 0.25) is 0 Å². The van der Waals surface area contributed by atoms with Gasteiger partial charge in [0, 0.05) is 0 Å². The molecular weight excluding hydrogens is 192 g/mol. The number of esters is 2. The second-order valence-electron chi connectivity index (χ2n) is 4.42. The molecular formula is C12H20O3. The Morgan fingerprint density at radius 1 is 1.20 bits per heavy atom. The van der Waals surface area contributed by atoms with E-state index < -0.39 is 0 Å². The Labute approximate surface area is 91.2 Å². The summed E-state index contributed by atoms with van der Waals surface area (Å²) in [6, 6.07) is 0. The van der Waals surface area contributed by atoms with E-state index in [2.05, 4.69) is 6.92 Å². The summed E-state index contributed by atoms with van der Waals surface area (Å²) in [5.41, 5.74) is 0. The van der Waals surface area contributed by atoms with Crippen molar-refractivity contribution in [1.29, 1.82) is 0 Å². The minimum atomic E-state index is -0.357. The second-order valence-corrected chi connectivity index (χ2v) is 4.42. The van der Waals surface area contributed by atoms with Gasteiger partial charge in [-0.3, -0.25) is 9.59 Å². The van der Waals surface area contributed by atoms with E-state index in [-0.39, 0.29) is 23.8 Å². The molecule has 3 nitrogen and oxygen atoms in total. The molecule has 0 aliphatic carbocycles. The Kier molecular flexibility index (Phi) is 4.79. The molecule has 0 amide bonds. The largest absolute Gasteiger partial charge is 0.393 e. The predicted octanol–water partition coefficient (Wildman–Crippen LogP) is 2.68. The van der Waals surface area contributed by atoms with E-state index >= 15 is 0 Å². The van der Waals surface area contributed by atoms with Crippen LogP contribution >= 0.6 is 0 Å². The molecule has 0 N–H and O–H groups in total. The van der Waals surface area contributed by atoms with Crippen LogP contribution < -0.4 is 0 Å². The third-order valence-electron chi connectivity index (χ3n) is 2.98. The molecule has 2 unspecified atom stereocenters. The fourth-order valence-electron chi connectivity index (χ4n) is 1.96. The molecule has 0 aromatic carbocycles. The zero-order valence-corrected chi connectivity index (χ0v) is 9.62. The molecule has 15 heavy (non-hydrogen) atoms. The summed E-state index contributed by atoms with van der Waals surface area (Å²) < 4.78 is 4.69. The Bertz CT molecular complexity index is 235. The lowest BCUT2D eigenvalue weighted by Crippen LogP contribution is -2.33. The van der Waals surface area contributed by atoms with E-state index in [0.29, 0.717) is 6.42 Å². The summed E-state index contributed by atoms with van der Waals surface area (Å²) in [5.74, 6) is -0.826. The fraction of sp³-hybridized carbons (Fsp3) is 0.833. The third-order valence-corrected chi connectivity index (χ3v) is 2.98. The average molecular weight is 212 g/mol. The van der Waals surface area contributed by atoms with Crippen molar-refractivity contribution in [3.8, 4) is 0 Å². The van der Waals surface area contributed by atoms with Crippen LogP contribution in [-0.4, -0.2) is 11.9 Å². The van der Waals surface area contributed by atoms with E-state index in [9.17, 15) is 9.59 Å². The first-order chi connectivity index (χ1) is 7.15. The first-order valence-corrected chi connectivity index (χ1v) is 5.90. The average Bonchev–Trinajstić information content (AvgIpc) is 2.20. The number of ether oxygens (including phenoxy) is 1. The van der Waals surface area contributed by atoms with Gasteiger partial charge in [0.25, 0.3) is 0 Å². The van der Waals surface area contributed by atoms with Crippen molar-refractivity contribution >= 4 is 11.9 Å². The molecule has 86 valence electrons. The molecule has 1 heterocycles. The first kappa shape index (κ1) is 12.2. The quantitative estimate of drug-likeness (QED) is 0.400. The summed E-state index contributed by atoms with van der Waals surface area (Å²) in [6.45, 7) is 3.99. The van der Waals surface area contributed by atoms with Crippen molar-refractivity contribution in [3.63, 3.8) is 0 Å². The van der Waals surface area contributed by atoms with Crippen molar-refractivity contribution in [3.05, 3.63) is 0 Å². The van der Waals surface area contributed by atoms with Crippen LogP contribution in [0, 0.1) is 11.8 Å². The number of carbonyl (C=O) groups excluding carboxylic acids is 2. The molecule has 1 aliphatic rings. The van der Waals surface area contributed by atoms with Crippen molar-refractivity contribution in [2.24, 2.45) is 11.8 Å². The Morgan fingerprint density at radius 3 is 2.60 bits per heavy atom. The van der Waals surface area contributed by atoms with Gasteiger partial charge in [0.1, 0.15) is 0 Å². The predicted molar refractivity (Wildman–Crippen MR) is 57.1 cm³/mol. The normalized spacial score (nSPS) is 26.5. The SMILES string of the molecule is CCCCCCC1CC(C)C(=O)OC1=O. The molecule has 0 saturated carbocycles. The fourth-order valence-corrected chi connectivity index (χ4v) is 1.96. The molecule has 0 spiro atoms. The van der Waals surface area contributed by atoms with Gasteiger partial charge in [-0.2, -0.15) is 0 Å². The van der Waals surface area contributed by atoms with E-state index in [1.165, 1.54) is 19.3 Å². The molecule has 0 bridgehead atoms. The van der Waals surface area contributed by atoms with Crippen LogP contribution in [-0.2, 0) is 14.3 Å². The molecule has 1 rings (SSSR count). The molecule has 0 aromatic heterocycles. The van der Waals surface area contributed by atoms with E-state index in [1.54, 1.807) is 0 Å². The minimum absolute atomic E-state index is 0.0467. The highest BCUT2D eigenvalue weighted by Gasteiger charge is 2.33. The van der Waals surface area contributed by atoms with E-state index in [0.717, 1.165) is 12.8 Å². The lowest BCUT2D eigenvalue weighted by molar-refractivity contribution is -0.171. The highest BCUT2D eigenvalue weighted by molar-refractivity contribution is 5.90. The summed E-state index contributed by atoms with van der Waals surface area (Å²) in [4.78, 5) is 22.5. The minimum Gasteiger partial charge on any atom is -0.393 e. The maximum absolute atomic E-state index is 11.4. The lowest BCUT2D eigenvalue weighted by Gasteiger charge is -2.23. The highest BCUT2D eigenvalue weighted by atomic mass is 16.6. The summed E-state index contributed by atoms with van der Waals surface area (Å²) in [7, 11) is 0. The van der Waals surface area contributed by atoms with Crippen molar-refractivity contribution < 1.29 is 14.3 Å². The van der Waals surface area contributed by atoms with Crippen molar-refractivity contribution in [1.82, 2.24) is 0 Å². The number of unbranched alkanes of at least 4 members (excludes halogenated alkanes) is 3.